The third kappa shape index (κ3) is 4.77. The van der Waals surface area contributed by atoms with Gasteiger partial charge in [0.15, 0.2) is 5.69 Å². The van der Waals surface area contributed by atoms with Gasteiger partial charge in [-0.05, 0) is 33.6 Å². The first-order valence-corrected chi connectivity index (χ1v) is 6.71. The van der Waals surface area contributed by atoms with E-state index in [2.05, 4.69) is 10.3 Å². The van der Waals surface area contributed by atoms with Gasteiger partial charge in [-0.1, -0.05) is 13.8 Å². The molecule has 0 aliphatic carbocycles. The van der Waals surface area contributed by atoms with Crippen molar-refractivity contribution in [2.45, 2.75) is 53.2 Å². The highest BCUT2D eigenvalue weighted by Crippen LogP contribution is 2.24. The number of carboxylic acids is 1. The number of aromatic carboxylic acids is 1. The fourth-order valence-electron chi connectivity index (χ4n) is 1.70. The number of alkyl carbamates (subject to hydrolysis) is 1. The first-order chi connectivity index (χ1) is 9.51. The maximum Gasteiger partial charge on any atom is 0.408 e. The van der Waals surface area contributed by atoms with Crippen molar-refractivity contribution in [3.05, 3.63) is 17.3 Å². The third-order valence-electron chi connectivity index (χ3n) is 2.62. The number of aryl methyl sites for hydroxylation is 1. The number of hydrogen-bond acceptors (Lipinski definition) is 5. The molecule has 1 rings (SSSR count). The first-order valence-electron chi connectivity index (χ1n) is 6.71. The molecule has 0 spiro atoms. The molecule has 1 atom stereocenters. The van der Waals surface area contributed by atoms with E-state index in [-0.39, 0.29) is 23.3 Å². The summed E-state index contributed by atoms with van der Waals surface area (Å²) >= 11 is 0. The Bertz CT molecular complexity index is 528. The zero-order valence-corrected chi connectivity index (χ0v) is 13.2. The lowest BCUT2D eigenvalue weighted by molar-refractivity contribution is 0.0478. The van der Waals surface area contributed by atoms with Gasteiger partial charge in [0.05, 0.1) is 0 Å². The van der Waals surface area contributed by atoms with Gasteiger partial charge in [0.1, 0.15) is 17.4 Å². The predicted molar refractivity (Wildman–Crippen MR) is 75.1 cm³/mol. The smallest absolute Gasteiger partial charge is 0.408 e. The van der Waals surface area contributed by atoms with Crippen molar-refractivity contribution >= 4 is 12.1 Å². The topological polar surface area (TPSA) is 102 Å². The van der Waals surface area contributed by atoms with E-state index in [1.807, 2.05) is 13.8 Å². The summed E-state index contributed by atoms with van der Waals surface area (Å²) < 4.78 is 10.6. The van der Waals surface area contributed by atoms with Gasteiger partial charge in [0.25, 0.3) is 0 Å². The van der Waals surface area contributed by atoms with Gasteiger partial charge in [0.2, 0.25) is 5.89 Å². The summed E-state index contributed by atoms with van der Waals surface area (Å²) in [6.07, 6.45) is -0.603. The highest BCUT2D eigenvalue weighted by molar-refractivity contribution is 5.86. The minimum atomic E-state index is -1.16. The molecule has 7 nitrogen and oxygen atoms in total. The van der Waals surface area contributed by atoms with E-state index in [1.165, 1.54) is 6.92 Å². The Balaban J connectivity index is 2.95. The van der Waals surface area contributed by atoms with Crippen molar-refractivity contribution in [2.75, 3.05) is 0 Å². The van der Waals surface area contributed by atoms with Crippen molar-refractivity contribution in [1.29, 1.82) is 0 Å². The molecule has 0 aliphatic rings. The van der Waals surface area contributed by atoms with Crippen molar-refractivity contribution in [1.82, 2.24) is 10.3 Å². The molecule has 0 radical (unpaired) electrons. The molecule has 21 heavy (non-hydrogen) atoms. The van der Waals surface area contributed by atoms with Crippen LogP contribution in [0.4, 0.5) is 4.79 Å². The molecule has 0 saturated carbocycles. The van der Waals surface area contributed by atoms with Crippen LogP contribution in [-0.4, -0.2) is 27.8 Å². The van der Waals surface area contributed by atoms with Gasteiger partial charge >= 0.3 is 12.1 Å². The summed E-state index contributed by atoms with van der Waals surface area (Å²) in [7, 11) is 0. The lowest BCUT2D eigenvalue weighted by Gasteiger charge is -2.24. The zero-order chi connectivity index (χ0) is 16.4. The third-order valence-corrected chi connectivity index (χ3v) is 2.62. The average molecular weight is 298 g/mol. The van der Waals surface area contributed by atoms with Gasteiger partial charge in [-0.15, -0.1) is 0 Å². The van der Waals surface area contributed by atoms with Gasteiger partial charge < -0.3 is 19.6 Å². The number of oxazole rings is 1. The predicted octanol–water partition coefficient (Wildman–Crippen LogP) is 2.90. The number of carbonyl (C=O) groups excluding carboxylic acids is 1. The van der Waals surface area contributed by atoms with E-state index in [0.717, 1.165) is 0 Å². The summed E-state index contributed by atoms with van der Waals surface area (Å²) in [5, 5.41) is 11.7. The van der Waals surface area contributed by atoms with E-state index in [1.54, 1.807) is 20.8 Å². The molecule has 0 bridgehead atoms. The van der Waals surface area contributed by atoms with Crippen LogP contribution in [0.1, 0.15) is 62.8 Å². The second kappa shape index (κ2) is 6.15. The normalized spacial score (nSPS) is 13.1. The summed E-state index contributed by atoms with van der Waals surface area (Å²) in [4.78, 5) is 26.8. The molecule has 2 N–H and O–H groups in total. The maximum absolute atomic E-state index is 11.9. The fourth-order valence-corrected chi connectivity index (χ4v) is 1.70. The molecule has 0 fully saturated rings. The van der Waals surface area contributed by atoms with Gasteiger partial charge in [-0.2, -0.15) is 0 Å². The number of aromatic nitrogens is 1. The van der Waals surface area contributed by atoms with Gasteiger partial charge in [-0.3, -0.25) is 0 Å². The van der Waals surface area contributed by atoms with Gasteiger partial charge in [0, 0.05) is 0 Å². The molecule has 0 aliphatic heterocycles. The number of ether oxygens (including phenoxy) is 1. The lowest BCUT2D eigenvalue weighted by atomic mass is 10.0. The van der Waals surface area contributed by atoms with Crippen LogP contribution in [-0.2, 0) is 4.74 Å². The van der Waals surface area contributed by atoms with Crippen molar-refractivity contribution < 1.29 is 23.8 Å². The van der Waals surface area contributed by atoms with Crippen LogP contribution in [0.2, 0.25) is 0 Å². The second-order valence-electron chi connectivity index (χ2n) is 6.13. The number of carboxylic acid groups (broad SMARTS) is 1. The van der Waals surface area contributed by atoms with Crippen LogP contribution >= 0.6 is 0 Å². The maximum atomic E-state index is 11.9. The van der Waals surface area contributed by atoms with E-state index in [4.69, 9.17) is 14.3 Å². The van der Waals surface area contributed by atoms with E-state index in [0.29, 0.717) is 0 Å². The molecule has 1 amide bonds. The van der Waals surface area contributed by atoms with E-state index < -0.39 is 23.7 Å². The molecule has 0 saturated heterocycles. The standard InChI is InChI=1S/C14H22N2O5/c1-7(2)9(16-13(19)21-14(4,5)6)11-15-10(12(17)18)8(3)20-11/h7,9H,1-6H3,(H,16,19)(H,17,18)/t9-/m1/s1. The SMILES string of the molecule is Cc1oc([C@H](NC(=O)OC(C)(C)C)C(C)C)nc1C(=O)O. The largest absolute Gasteiger partial charge is 0.476 e. The Kier molecular flexibility index (Phi) is 4.98. The molecule has 7 heteroatoms. The van der Waals surface area contributed by atoms with Gasteiger partial charge in [-0.25, -0.2) is 14.6 Å². The van der Waals surface area contributed by atoms with Crippen LogP contribution in [0.15, 0.2) is 4.42 Å². The number of hydrogen-bond donors (Lipinski definition) is 2. The summed E-state index contributed by atoms with van der Waals surface area (Å²) in [5.74, 6) is -0.848. The monoisotopic (exact) mass is 298 g/mol. The Morgan fingerprint density at radius 2 is 1.90 bits per heavy atom. The molecule has 1 aromatic rings. The van der Waals surface area contributed by atoms with Crippen molar-refractivity contribution in [3.63, 3.8) is 0 Å². The minimum Gasteiger partial charge on any atom is -0.476 e. The molecule has 0 unspecified atom stereocenters. The van der Waals surface area contributed by atoms with Crippen molar-refractivity contribution in [2.24, 2.45) is 5.92 Å². The van der Waals surface area contributed by atoms with Crippen LogP contribution in [0, 0.1) is 12.8 Å². The Labute approximate surface area is 123 Å². The number of nitrogens with one attached hydrogen (secondary N) is 1. The number of amides is 1. The molecular weight excluding hydrogens is 276 g/mol. The molecule has 1 heterocycles. The molecular formula is C14H22N2O5. The molecule has 118 valence electrons. The average Bonchev–Trinajstić information content (AvgIpc) is 2.65. The van der Waals surface area contributed by atoms with Crippen molar-refractivity contribution in [3.8, 4) is 0 Å². The Hall–Kier alpha value is -2.05. The quantitative estimate of drug-likeness (QED) is 0.886. The van der Waals surface area contributed by atoms with E-state index in [9.17, 15) is 9.59 Å². The Morgan fingerprint density at radius 1 is 1.33 bits per heavy atom. The lowest BCUT2D eigenvalue weighted by Crippen LogP contribution is -2.37. The minimum absolute atomic E-state index is 0.0442. The number of carbonyl (C=O) groups is 2. The summed E-state index contributed by atoms with van der Waals surface area (Å²) in [6, 6.07) is -0.563. The van der Waals surface area contributed by atoms with Crippen LogP contribution in [0.25, 0.3) is 0 Å². The zero-order valence-electron chi connectivity index (χ0n) is 13.2. The highest BCUT2D eigenvalue weighted by Gasteiger charge is 2.28. The molecule has 1 aromatic heterocycles. The first kappa shape index (κ1) is 17.0. The van der Waals surface area contributed by atoms with Crippen LogP contribution in [0.5, 0.6) is 0 Å². The fraction of sp³-hybridized carbons (Fsp3) is 0.643. The Morgan fingerprint density at radius 3 is 2.29 bits per heavy atom. The summed E-state index contributed by atoms with van der Waals surface area (Å²) in [5.41, 5.74) is -0.772. The second-order valence-corrected chi connectivity index (χ2v) is 6.13. The van der Waals surface area contributed by atoms with E-state index >= 15 is 0 Å². The number of nitrogens with zero attached hydrogens (tertiary/aromatic N) is 1. The van der Waals surface area contributed by atoms with Crippen LogP contribution < -0.4 is 5.32 Å². The highest BCUT2D eigenvalue weighted by atomic mass is 16.6. The number of rotatable bonds is 4. The molecule has 0 aromatic carbocycles. The summed E-state index contributed by atoms with van der Waals surface area (Å²) in [6.45, 7) is 10.5. The van der Waals surface area contributed by atoms with Crippen LogP contribution in [0.3, 0.4) is 0 Å².